The van der Waals surface area contributed by atoms with E-state index in [9.17, 15) is 24.1 Å². The maximum atomic E-state index is 13.6. The van der Waals surface area contributed by atoms with E-state index < -0.39 is 22.3 Å². The molecule has 1 heterocycles. The quantitative estimate of drug-likeness (QED) is 0.354. The van der Waals surface area contributed by atoms with Crippen molar-refractivity contribution in [1.29, 1.82) is 0 Å². The van der Waals surface area contributed by atoms with Crippen LogP contribution >= 0.6 is 0 Å². The Morgan fingerprint density at radius 1 is 1.05 bits per heavy atom. The van der Waals surface area contributed by atoms with E-state index in [0.717, 1.165) is 29.7 Å². The van der Waals surface area contributed by atoms with Crippen molar-refractivity contribution in [1.82, 2.24) is 15.8 Å². The second-order valence-corrected chi connectivity index (χ2v) is 9.08. The Morgan fingerprint density at radius 2 is 1.76 bits per heavy atom. The molecule has 0 saturated carbocycles. The first kappa shape index (κ1) is 25.9. The molecular weight excluding hydrogens is 479 g/mol. The Kier molecular flexibility index (Phi) is 7.61. The SMILES string of the molecule is CN(C)CCCC1(c2ccc(F)cc2)OCc2cc(C(=O)NNC(=O)c3ccccc3[N+](=O)[O-])ccc21. The molecule has 1 unspecified atom stereocenters. The number of benzene rings is 3. The van der Waals surface area contributed by atoms with Gasteiger partial charge in [-0.1, -0.05) is 30.3 Å². The monoisotopic (exact) mass is 506 g/mol. The molecule has 3 aromatic carbocycles. The zero-order valence-electron chi connectivity index (χ0n) is 20.5. The fourth-order valence-corrected chi connectivity index (χ4v) is 4.56. The number of carbonyl (C=O) groups excluding carboxylic acids is 2. The summed E-state index contributed by atoms with van der Waals surface area (Å²) in [6.45, 7) is 1.11. The lowest BCUT2D eigenvalue weighted by atomic mass is 9.81. The number of nitrogens with one attached hydrogen (secondary N) is 2. The highest BCUT2D eigenvalue weighted by Crippen LogP contribution is 2.45. The lowest BCUT2D eigenvalue weighted by molar-refractivity contribution is -0.385. The molecule has 2 N–H and O–H groups in total. The highest BCUT2D eigenvalue weighted by Gasteiger charge is 2.41. The molecule has 0 aliphatic carbocycles. The van der Waals surface area contributed by atoms with Gasteiger partial charge in [-0.3, -0.25) is 30.6 Å². The molecule has 0 bridgehead atoms. The summed E-state index contributed by atoms with van der Waals surface area (Å²) in [6, 6.07) is 16.9. The third-order valence-corrected chi connectivity index (χ3v) is 6.36. The first-order chi connectivity index (χ1) is 17.7. The number of para-hydroxylation sites is 1. The number of ether oxygens (including phenoxy) is 1. The molecule has 4 rings (SSSR count). The first-order valence-corrected chi connectivity index (χ1v) is 11.7. The van der Waals surface area contributed by atoms with E-state index in [1.54, 1.807) is 24.3 Å². The number of fused-ring (bicyclic) bond motifs is 1. The van der Waals surface area contributed by atoms with Crippen molar-refractivity contribution in [2.75, 3.05) is 20.6 Å². The largest absolute Gasteiger partial charge is 0.361 e. The summed E-state index contributed by atoms with van der Waals surface area (Å²) in [5, 5.41) is 11.2. The second kappa shape index (κ2) is 10.9. The molecule has 9 nitrogen and oxygen atoms in total. The van der Waals surface area contributed by atoms with Gasteiger partial charge in [-0.2, -0.15) is 0 Å². The van der Waals surface area contributed by atoms with Gasteiger partial charge in [0.05, 0.1) is 11.5 Å². The van der Waals surface area contributed by atoms with Crippen LogP contribution in [0.4, 0.5) is 10.1 Å². The van der Waals surface area contributed by atoms with Crippen molar-refractivity contribution in [3.8, 4) is 0 Å². The van der Waals surface area contributed by atoms with Crippen LogP contribution in [0.3, 0.4) is 0 Å². The lowest BCUT2D eigenvalue weighted by Gasteiger charge is -2.31. The van der Waals surface area contributed by atoms with E-state index in [1.165, 1.54) is 36.4 Å². The standard InChI is InChI=1S/C27H27FN4O5/c1-31(2)15-5-14-27(20-9-11-21(28)12-10-20)23-13-8-18(16-19(23)17-37-27)25(33)29-30-26(34)22-6-3-4-7-24(22)32(35)36/h3-4,6-13,16H,5,14-15,17H2,1-2H3,(H,29,33)(H,30,34). The fraction of sp³-hybridized carbons (Fsp3) is 0.259. The van der Waals surface area contributed by atoms with Gasteiger partial charge in [0.1, 0.15) is 17.0 Å². The molecular formula is C27H27FN4O5. The summed E-state index contributed by atoms with van der Waals surface area (Å²) < 4.78 is 20.0. The van der Waals surface area contributed by atoms with Gasteiger partial charge in [0.2, 0.25) is 0 Å². The van der Waals surface area contributed by atoms with Crippen LogP contribution in [0.2, 0.25) is 0 Å². The maximum absolute atomic E-state index is 13.6. The van der Waals surface area contributed by atoms with Gasteiger partial charge in [-0.25, -0.2) is 4.39 Å². The molecule has 0 saturated heterocycles. The molecule has 1 aliphatic rings. The molecule has 2 amide bonds. The number of rotatable bonds is 8. The van der Waals surface area contributed by atoms with Crippen LogP contribution in [-0.4, -0.2) is 42.3 Å². The van der Waals surface area contributed by atoms with E-state index in [-0.39, 0.29) is 29.2 Å². The lowest BCUT2D eigenvalue weighted by Crippen LogP contribution is -2.41. The van der Waals surface area contributed by atoms with Gasteiger partial charge >= 0.3 is 0 Å². The molecule has 10 heteroatoms. The van der Waals surface area contributed by atoms with Gasteiger partial charge in [-0.15, -0.1) is 0 Å². The molecule has 192 valence electrons. The van der Waals surface area contributed by atoms with E-state index in [2.05, 4.69) is 15.8 Å². The highest BCUT2D eigenvalue weighted by atomic mass is 19.1. The van der Waals surface area contributed by atoms with Gasteiger partial charge in [0.15, 0.2) is 0 Å². The zero-order chi connectivity index (χ0) is 26.6. The fourth-order valence-electron chi connectivity index (χ4n) is 4.56. The zero-order valence-corrected chi connectivity index (χ0v) is 20.5. The van der Waals surface area contributed by atoms with E-state index in [4.69, 9.17) is 4.74 Å². The Morgan fingerprint density at radius 3 is 2.46 bits per heavy atom. The Bertz CT molecular complexity index is 1330. The van der Waals surface area contributed by atoms with Crippen molar-refractivity contribution in [3.63, 3.8) is 0 Å². The minimum Gasteiger partial charge on any atom is -0.361 e. The van der Waals surface area contributed by atoms with Gasteiger partial charge < -0.3 is 9.64 Å². The Hall–Kier alpha value is -4.15. The molecule has 0 spiro atoms. The third-order valence-electron chi connectivity index (χ3n) is 6.36. The molecule has 0 radical (unpaired) electrons. The Balaban J connectivity index is 1.54. The number of nitro groups is 1. The molecule has 0 aromatic heterocycles. The minimum absolute atomic E-state index is 0.169. The van der Waals surface area contributed by atoms with Crippen LogP contribution in [0.5, 0.6) is 0 Å². The number of carbonyl (C=O) groups is 2. The maximum Gasteiger partial charge on any atom is 0.282 e. The van der Waals surface area contributed by atoms with Crippen molar-refractivity contribution in [3.05, 3.63) is 110 Å². The van der Waals surface area contributed by atoms with Crippen LogP contribution < -0.4 is 10.9 Å². The number of hydrazine groups is 1. The van der Waals surface area contributed by atoms with E-state index >= 15 is 0 Å². The summed E-state index contributed by atoms with van der Waals surface area (Å²) in [5.74, 6) is -1.72. The van der Waals surface area contributed by atoms with Crippen LogP contribution in [0.15, 0.2) is 66.7 Å². The summed E-state index contributed by atoms with van der Waals surface area (Å²) in [4.78, 5) is 37.8. The number of hydrogen-bond acceptors (Lipinski definition) is 6. The summed E-state index contributed by atoms with van der Waals surface area (Å²) in [5.41, 5.74) is 6.07. The van der Waals surface area contributed by atoms with Crippen molar-refractivity contribution < 1.29 is 23.6 Å². The molecule has 1 aliphatic heterocycles. The normalized spacial score (nSPS) is 16.3. The number of nitro benzene ring substituents is 1. The van der Waals surface area contributed by atoms with Gasteiger partial charge in [0, 0.05) is 11.6 Å². The van der Waals surface area contributed by atoms with Gasteiger partial charge in [0.25, 0.3) is 17.5 Å². The van der Waals surface area contributed by atoms with Crippen LogP contribution in [-0.2, 0) is 16.9 Å². The molecule has 37 heavy (non-hydrogen) atoms. The third kappa shape index (κ3) is 5.50. The van der Waals surface area contributed by atoms with Crippen molar-refractivity contribution >= 4 is 17.5 Å². The average Bonchev–Trinajstić information content (AvgIpc) is 3.26. The average molecular weight is 507 g/mol. The second-order valence-electron chi connectivity index (χ2n) is 9.08. The topological polar surface area (TPSA) is 114 Å². The highest BCUT2D eigenvalue weighted by molar-refractivity contribution is 6.01. The first-order valence-electron chi connectivity index (χ1n) is 11.7. The van der Waals surface area contributed by atoms with E-state index in [1.807, 2.05) is 20.2 Å². The van der Waals surface area contributed by atoms with Crippen LogP contribution in [0, 0.1) is 15.9 Å². The summed E-state index contributed by atoms with van der Waals surface area (Å²) >= 11 is 0. The van der Waals surface area contributed by atoms with Crippen LogP contribution in [0.25, 0.3) is 0 Å². The predicted molar refractivity (Wildman–Crippen MR) is 134 cm³/mol. The predicted octanol–water partition coefficient (Wildman–Crippen LogP) is 3.92. The summed E-state index contributed by atoms with van der Waals surface area (Å²) in [7, 11) is 3.99. The molecule has 1 atom stereocenters. The number of halogens is 1. The molecule has 0 fully saturated rings. The minimum atomic E-state index is -0.804. The van der Waals surface area contributed by atoms with Crippen molar-refractivity contribution in [2.24, 2.45) is 0 Å². The Labute approximate surface area is 213 Å². The van der Waals surface area contributed by atoms with E-state index in [0.29, 0.717) is 6.42 Å². The number of amides is 2. The number of nitrogens with zero attached hydrogens (tertiary/aromatic N) is 2. The smallest absolute Gasteiger partial charge is 0.282 e. The van der Waals surface area contributed by atoms with Gasteiger partial charge in [-0.05, 0) is 80.5 Å². The van der Waals surface area contributed by atoms with Crippen molar-refractivity contribution in [2.45, 2.75) is 25.0 Å². The van der Waals surface area contributed by atoms with Crippen LogP contribution in [0.1, 0.15) is 50.2 Å². The summed E-state index contributed by atoms with van der Waals surface area (Å²) in [6.07, 6.45) is 1.50. The number of hydrogen-bond donors (Lipinski definition) is 2. The molecule has 3 aromatic rings.